The van der Waals surface area contributed by atoms with Gasteiger partial charge in [0.2, 0.25) is 0 Å². The van der Waals surface area contributed by atoms with Gasteiger partial charge in [-0.3, -0.25) is 4.90 Å². The molecular formula is C11H16BrN5O. The van der Waals surface area contributed by atoms with Gasteiger partial charge in [-0.25, -0.2) is 4.98 Å². The Morgan fingerprint density at radius 1 is 1.39 bits per heavy atom. The highest BCUT2D eigenvalue weighted by Crippen LogP contribution is 2.16. The van der Waals surface area contributed by atoms with E-state index in [-0.39, 0.29) is 5.84 Å². The lowest BCUT2D eigenvalue weighted by atomic mass is 10.3. The monoisotopic (exact) mass is 313 g/mol. The van der Waals surface area contributed by atoms with E-state index in [1.165, 1.54) is 0 Å². The summed E-state index contributed by atoms with van der Waals surface area (Å²) in [5.41, 5.74) is 5.49. The van der Waals surface area contributed by atoms with E-state index in [1.807, 2.05) is 12.1 Å². The molecule has 18 heavy (non-hydrogen) atoms. The van der Waals surface area contributed by atoms with Crippen LogP contribution in [0.15, 0.2) is 28.0 Å². The summed E-state index contributed by atoms with van der Waals surface area (Å²) in [6.45, 7) is 4.07. The van der Waals surface area contributed by atoms with Gasteiger partial charge < -0.3 is 15.8 Å². The summed E-state index contributed by atoms with van der Waals surface area (Å²) in [7, 11) is 0. The molecule has 1 saturated heterocycles. The van der Waals surface area contributed by atoms with Crippen molar-refractivity contribution in [1.82, 2.24) is 9.88 Å². The summed E-state index contributed by atoms with van der Waals surface area (Å²) in [5.74, 6) is 1.24. The molecule has 0 amide bonds. The van der Waals surface area contributed by atoms with Crippen molar-refractivity contribution in [3.05, 3.63) is 22.8 Å². The molecule has 0 saturated carbocycles. The fraction of sp³-hybridized carbons (Fsp3) is 0.455. The number of halogens is 1. The number of hydrogen-bond acceptors (Lipinski definition) is 5. The van der Waals surface area contributed by atoms with E-state index in [4.69, 9.17) is 10.9 Å². The number of nitrogens with two attached hydrogens (primary N) is 1. The van der Waals surface area contributed by atoms with E-state index in [9.17, 15) is 0 Å². The Kier molecular flexibility index (Phi) is 4.38. The van der Waals surface area contributed by atoms with E-state index < -0.39 is 0 Å². The molecule has 3 N–H and O–H groups in total. The lowest BCUT2D eigenvalue weighted by Gasteiger charge is -2.35. The van der Waals surface area contributed by atoms with Crippen molar-refractivity contribution in [2.45, 2.75) is 0 Å². The highest BCUT2D eigenvalue weighted by Gasteiger charge is 2.18. The molecule has 6 nitrogen and oxygen atoms in total. The largest absolute Gasteiger partial charge is 0.409 e. The van der Waals surface area contributed by atoms with Crippen LogP contribution in [0.4, 0.5) is 5.82 Å². The standard InChI is InChI=1S/C11H16BrN5O/c12-9-1-2-11(14-7-9)17-5-3-16(4-6-17)8-10(13)15-18/h1-2,7,18H,3-6,8H2,(H2,13,15). The van der Waals surface area contributed by atoms with Crippen LogP contribution in [0.3, 0.4) is 0 Å². The predicted molar refractivity (Wildman–Crippen MR) is 74.0 cm³/mol. The second-order valence-corrected chi connectivity index (χ2v) is 5.10. The number of aromatic nitrogens is 1. The quantitative estimate of drug-likeness (QED) is 0.372. The first kappa shape index (κ1) is 13.1. The van der Waals surface area contributed by atoms with E-state index in [0.717, 1.165) is 36.5 Å². The van der Waals surface area contributed by atoms with Crippen LogP contribution in [0.25, 0.3) is 0 Å². The Hall–Kier alpha value is -1.34. The Balaban J connectivity index is 1.88. The molecule has 0 spiro atoms. The molecule has 98 valence electrons. The maximum Gasteiger partial charge on any atom is 0.153 e. The zero-order valence-electron chi connectivity index (χ0n) is 9.96. The Bertz CT molecular complexity index is 414. The van der Waals surface area contributed by atoms with E-state index in [0.29, 0.717) is 6.54 Å². The number of nitrogens with zero attached hydrogens (tertiary/aromatic N) is 4. The topological polar surface area (TPSA) is 78.0 Å². The van der Waals surface area contributed by atoms with Crippen LogP contribution < -0.4 is 10.6 Å². The smallest absolute Gasteiger partial charge is 0.153 e. The van der Waals surface area contributed by atoms with Gasteiger partial charge in [-0.15, -0.1) is 0 Å². The van der Waals surface area contributed by atoms with Crippen LogP contribution in [0.1, 0.15) is 0 Å². The minimum absolute atomic E-state index is 0.255. The Labute approximate surface area is 114 Å². The fourth-order valence-electron chi connectivity index (χ4n) is 1.95. The minimum atomic E-state index is 0.255. The van der Waals surface area contributed by atoms with Crippen molar-refractivity contribution in [3.63, 3.8) is 0 Å². The van der Waals surface area contributed by atoms with Crippen LogP contribution >= 0.6 is 15.9 Å². The van der Waals surface area contributed by atoms with E-state index in [1.54, 1.807) is 6.20 Å². The predicted octanol–water partition coefficient (Wildman–Crippen LogP) is 0.712. The molecule has 1 aliphatic rings. The zero-order chi connectivity index (χ0) is 13.0. The Morgan fingerprint density at radius 2 is 2.11 bits per heavy atom. The van der Waals surface area contributed by atoms with Gasteiger partial charge in [0.15, 0.2) is 5.84 Å². The molecule has 0 unspecified atom stereocenters. The number of oxime groups is 1. The molecule has 1 fully saturated rings. The van der Waals surface area contributed by atoms with Crippen LogP contribution in [0.2, 0.25) is 0 Å². The number of rotatable bonds is 3. The van der Waals surface area contributed by atoms with Crippen LogP contribution in [-0.2, 0) is 0 Å². The number of hydrogen-bond donors (Lipinski definition) is 2. The van der Waals surface area contributed by atoms with Gasteiger partial charge in [0.1, 0.15) is 5.82 Å². The summed E-state index contributed by atoms with van der Waals surface area (Å²) >= 11 is 3.37. The first-order valence-corrected chi connectivity index (χ1v) is 6.53. The first-order valence-electron chi connectivity index (χ1n) is 5.74. The normalized spacial score (nSPS) is 18.1. The SMILES string of the molecule is NC(CN1CCN(c2ccc(Br)cn2)CC1)=NO. The molecule has 0 radical (unpaired) electrons. The molecule has 1 aromatic heterocycles. The van der Waals surface area contributed by atoms with Gasteiger partial charge in [-0.2, -0.15) is 0 Å². The molecule has 0 aromatic carbocycles. The number of pyridine rings is 1. The van der Waals surface area contributed by atoms with Crippen molar-refractivity contribution in [3.8, 4) is 0 Å². The molecule has 1 aliphatic heterocycles. The van der Waals surface area contributed by atoms with Crippen molar-refractivity contribution in [2.75, 3.05) is 37.6 Å². The maximum atomic E-state index is 8.53. The van der Waals surface area contributed by atoms with Gasteiger partial charge in [0.05, 0.1) is 6.54 Å². The molecule has 2 heterocycles. The van der Waals surface area contributed by atoms with Crippen molar-refractivity contribution < 1.29 is 5.21 Å². The van der Waals surface area contributed by atoms with Gasteiger partial charge in [-0.05, 0) is 28.1 Å². The van der Waals surface area contributed by atoms with Crippen molar-refractivity contribution in [2.24, 2.45) is 10.9 Å². The van der Waals surface area contributed by atoms with E-state index in [2.05, 4.69) is 35.9 Å². The third-order valence-electron chi connectivity index (χ3n) is 2.92. The van der Waals surface area contributed by atoms with Gasteiger partial charge in [-0.1, -0.05) is 5.16 Å². The molecule has 2 rings (SSSR count). The van der Waals surface area contributed by atoms with E-state index >= 15 is 0 Å². The van der Waals surface area contributed by atoms with Gasteiger partial charge in [0, 0.05) is 36.8 Å². The molecule has 0 atom stereocenters. The van der Waals surface area contributed by atoms with Crippen molar-refractivity contribution in [1.29, 1.82) is 0 Å². The van der Waals surface area contributed by atoms with Gasteiger partial charge in [0.25, 0.3) is 0 Å². The number of anilines is 1. The van der Waals surface area contributed by atoms with Gasteiger partial charge >= 0.3 is 0 Å². The second-order valence-electron chi connectivity index (χ2n) is 4.19. The lowest BCUT2D eigenvalue weighted by Crippen LogP contribution is -2.49. The highest BCUT2D eigenvalue weighted by molar-refractivity contribution is 9.10. The highest BCUT2D eigenvalue weighted by atomic mass is 79.9. The number of amidine groups is 1. The summed E-state index contributed by atoms with van der Waals surface area (Å²) < 4.78 is 0.983. The minimum Gasteiger partial charge on any atom is -0.409 e. The summed E-state index contributed by atoms with van der Waals surface area (Å²) in [6.07, 6.45) is 1.80. The second kappa shape index (κ2) is 6.01. The molecular weight excluding hydrogens is 298 g/mol. The summed E-state index contributed by atoms with van der Waals surface area (Å²) in [4.78, 5) is 8.76. The van der Waals surface area contributed by atoms with Crippen LogP contribution in [0, 0.1) is 0 Å². The molecule has 0 aliphatic carbocycles. The summed E-state index contributed by atoms with van der Waals surface area (Å²) in [6, 6.07) is 3.99. The number of piperazine rings is 1. The lowest BCUT2D eigenvalue weighted by molar-refractivity contribution is 0.278. The fourth-order valence-corrected chi connectivity index (χ4v) is 2.19. The van der Waals surface area contributed by atoms with Crippen LogP contribution in [0.5, 0.6) is 0 Å². The molecule has 0 bridgehead atoms. The summed E-state index contributed by atoms with van der Waals surface area (Å²) in [5, 5.41) is 11.5. The first-order chi connectivity index (χ1) is 8.69. The molecule has 1 aromatic rings. The average Bonchev–Trinajstić information content (AvgIpc) is 2.40. The molecule has 7 heteroatoms. The van der Waals surface area contributed by atoms with Crippen molar-refractivity contribution >= 4 is 27.6 Å². The maximum absolute atomic E-state index is 8.53. The Morgan fingerprint density at radius 3 is 2.67 bits per heavy atom. The third kappa shape index (κ3) is 3.33. The zero-order valence-corrected chi connectivity index (χ0v) is 11.5. The average molecular weight is 314 g/mol. The van der Waals surface area contributed by atoms with Crippen LogP contribution in [-0.4, -0.2) is 53.7 Å². The third-order valence-corrected chi connectivity index (χ3v) is 3.39.